The zero-order chi connectivity index (χ0) is 22.0. The van der Waals surface area contributed by atoms with Gasteiger partial charge in [0.2, 0.25) is 0 Å². The normalized spacial score (nSPS) is 16.0. The van der Waals surface area contributed by atoms with Crippen LogP contribution >= 0.6 is 0 Å². The minimum atomic E-state index is -0.296. The van der Waals surface area contributed by atoms with Crippen LogP contribution in [0.5, 0.6) is 0 Å². The second kappa shape index (κ2) is 14.6. The van der Waals surface area contributed by atoms with E-state index < -0.39 is 0 Å². The van der Waals surface area contributed by atoms with Gasteiger partial charge in [-0.2, -0.15) is 0 Å². The Morgan fingerprint density at radius 3 is 2.09 bits per heavy atom. The van der Waals surface area contributed by atoms with Crippen molar-refractivity contribution in [2.24, 2.45) is 0 Å². The largest absolute Gasteiger partial charge is 1.00 e. The third-order valence-corrected chi connectivity index (χ3v) is 6.46. The van der Waals surface area contributed by atoms with Crippen molar-refractivity contribution in [1.82, 2.24) is 5.32 Å². The molecule has 1 N–H and O–H groups in total. The number of benzene rings is 2. The summed E-state index contributed by atoms with van der Waals surface area (Å²) >= 11 is 0. The highest BCUT2D eigenvalue weighted by Gasteiger charge is 2.38. The summed E-state index contributed by atoms with van der Waals surface area (Å²) in [5, 5.41) is 3.44. The molecule has 3 rings (SSSR count). The Balaban J connectivity index is 0.00000272. The highest BCUT2D eigenvalue weighted by molar-refractivity contribution is 5.46. The second-order valence-electron chi connectivity index (χ2n) is 9.30. The van der Waals surface area contributed by atoms with Crippen molar-refractivity contribution < 1.29 is 34.0 Å². The number of unbranched alkanes of at least 4 members (excludes halogenated alkanes) is 1. The van der Waals surface area contributed by atoms with Crippen LogP contribution in [0.4, 0.5) is 0 Å². The topological polar surface area (TPSA) is 25.6 Å². The van der Waals surface area contributed by atoms with Crippen LogP contribution in [0.3, 0.4) is 0 Å². The number of ether oxygens (including phenoxy) is 1. The fraction of sp³-hybridized carbons (Fsp3) is 0.519. The molecule has 1 saturated heterocycles. The molecule has 33 heavy (non-hydrogen) atoms. The molecule has 4 nitrogen and oxygen atoms in total. The third kappa shape index (κ3) is 8.59. The van der Waals surface area contributed by atoms with E-state index in [9.17, 15) is 0 Å². The van der Waals surface area contributed by atoms with Crippen LogP contribution in [0.25, 0.3) is 4.85 Å². The van der Waals surface area contributed by atoms with E-state index in [1.165, 1.54) is 24.1 Å². The molecule has 1 unspecified atom stereocenters. The van der Waals surface area contributed by atoms with Gasteiger partial charge in [-0.15, -0.1) is 0 Å². The van der Waals surface area contributed by atoms with Gasteiger partial charge in [0.25, 0.3) is 13.1 Å². The summed E-state index contributed by atoms with van der Waals surface area (Å²) in [6, 6.07) is 25.0. The summed E-state index contributed by atoms with van der Waals surface area (Å²) in [5.41, 5.74) is 2.24. The van der Waals surface area contributed by atoms with Crippen LogP contribution < -0.4 is 30.1 Å². The van der Waals surface area contributed by atoms with Gasteiger partial charge in [0.1, 0.15) is 0 Å². The van der Waals surface area contributed by atoms with Gasteiger partial charge in [-0.05, 0) is 30.4 Å². The van der Waals surface area contributed by atoms with Gasteiger partial charge in [-0.3, -0.25) is 0 Å². The molecule has 0 saturated carbocycles. The number of hydrogen-bond acceptors (Lipinski definition) is 2. The molecule has 0 amide bonds. The molecule has 0 bridgehead atoms. The highest BCUT2D eigenvalue weighted by Crippen LogP contribution is 2.37. The summed E-state index contributed by atoms with van der Waals surface area (Å²) in [5.74, 6) is 0. The lowest BCUT2D eigenvalue weighted by Crippen LogP contribution is -3.00. The maximum absolute atomic E-state index is 5.88. The van der Waals surface area contributed by atoms with Gasteiger partial charge in [0.15, 0.2) is 5.41 Å². The number of morpholine rings is 1. The van der Waals surface area contributed by atoms with Crippen LogP contribution in [-0.2, 0) is 10.2 Å². The van der Waals surface area contributed by atoms with Gasteiger partial charge in [-0.1, -0.05) is 65.5 Å². The molecule has 1 aliphatic rings. The number of halogens is 2. The molecule has 6 heteroatoms. The van der Waals surface area contributed by atoms with E-state index in [1.807, 2.05) is 7.05 Å². The van der Waals surface area contributed by atoms with Crippen LogP contribution in [0.15, 0.2) is 60.7 Å². The zero-order valence-corrected chi connectivity index (χ0v) is 21.8. The molecule has 2 aromatic carbocycles. The molecule has 1 aliphatic heterocycles. The third-order valence-electron chi connectivity index (χ3n) is 6.46. The molecule has 1 atom stereocenters. The van der Waals surface area contributed by atoms with Crippen molar-refractivity contribution in [2.75, 3.05) is 53.9 Å². The maximum Gasteiger partial charge on any atom is 0.288 e. The summed E-state index contributed by atoms with van der Waals surface area (Å²) in [6.07, 6.45) is 4.81. The average molecular weight is 493 g/mol. The van der Waals surface area contributed by atoms with Crippen molar-refractivity contribution in [3.63, 3.8) is 0 Å². The van der Waals surface area contributed by atoms with Gasteiger partial charge < -0.3 is 39.4 Å². The van der Waals surface area contributed by atoms with Gasteiger partial charge in [-0.25, -0.2) is 0 Å². The number of nitrogens with one attached hydrogen (secondary N) is 1. The first-order valence-corrected chi connectivity index (χ1v) is 11.7. The first-order chi connectivity index (χ1) is 15.1. The van der Waals surface area contributed by atoms with Crippen LogP contribution in [0, 0.1) is 6.07 Å². The SMILES string of the molecule is C[N+]#CC(CCCC[N+](C)(C)CCC1CNCCO1)(c1ccccc1)c1ccccc1.[Cl-].[Cl-]. The lowest BCUT2D eigenvalue weighted by molar-refractivity contribution is -0.891. The van der Waals surface area contributed by atoms with Crippen molar-refractivity contribution in [3.05, 3.63) is 76.6 Å². The van der Waals surface area contributed by atoms with Crippen LogP contribution in [0.2, 0.25) is 0 Å². The standard InChI is InChI=1S/C27H39N3O.2ClH/c1-28-23-27(24-12-6-4-7-13-24,25-14-8-5-9-15-25)17-10-11-19-30(2,3)20-16-26-22-29-18-21-31-26;;/h4-9,12-15,26,29H,10-11,16-22H2,1-3H3;2*1H/q+2;;/p-2. The fourth-order valence-corrected chi connectivity index (χ4v) is 4.62. The summed E-state index contributed by atoms with van der Waals surface area (Å²) in [4.78, 5) is 4.40. The van der Waals surface area contributed by atoms with Crippen molar-refractivity contribution in [3.8, 4) is 6.07 Å². The predicted octanol–water partition coefficient (Wildman–Crippen LogP) is -1.43. The fourth-order valence-electron chi connectivity index (χ4n) is 4.62. The van der Waals surface area contributed by atoms with E-state index in [4.69, 9.17) is 4.74 Å². The molecule has 0 spiro atoms. The minimum Gasteiger partial charge on any atom is -1.00 e. The van der Waals surface area contributed by atoms with Gasteiger partial charge >= 0.3 is 0 Å². The smallest absolute Gasteiger partial charge is 0.288 e. The Bertz CT molecular complexity index is 804. The second-order valence-corrected chi connectivity index (χ2v) is 9.30. The quantitative estimate of drug-likeness (QED) is 0.325. The monoisotopic (exact) mass is 491 g/mol. The Morgan fingerprint density at radius 1 is 0.970 bits per heavy atom. The van der Waals surface area contributed by atoms with E-state index in [0.717, 1.165) is 50.0 Å². The Hall–Kier alpha value is -1.61. The Labute approximate surface area is 212 Å². The van der Waals surface area contributed by atoms with Gasteiger partial charge in [0.05, 0.1) is 39.9 Å². The van der Waals surface area contributed by atoms with Crippen molar-refractivity contribution in [2.45, 2.75) is 37.2 Å². The zero-order valence-electron chi connectivity index (χ0n) is 20.3. The molecule has 1 fully saturated rings. The molecule has 182 valence electrons. The Kier molecular flexibility index (Phi) is 13.0. The molecular weight excluding hydrogens is 453 g/mol. The Morgan fingerprint density at radius 2 is 1.58 bits per heavy atom. The molecule has 0 radical (unpaired) electrons. The minimum absolute atomic E-state index is 0. The van der Waals surface area contributed by atoms with E-state index in [0.29, 0.717) is 6.10 Å². The van der Waals surface area contributed by atoms with Crippen molar-refractivity contribution in [1.29, 1.82) is 0 Å². The van der Waals surface area contributed by atoms with Crippen molar-refractivity contribution >= 4 is 0 Å². The summed E-state index contributed by atoms with van der Waals surface area (Å²) in [6.45, 7) is 5.13. The van der Waals surface area contributed by atoms with E-state index in [2.05, 4.69) is 91.0 Å². The number of rotatable bonds is 10. The molecular formula is C27H39Cl2N3O. The number of hydrogen-bond donors (Lipinski definition) is 1. The van der Waals surface area contributed by atoms with Crippen LogP contribution in [-0.4, -0.2) is 64.5 Å². The van der Waals surface area contributed by atoms with E-state index >= 15 is 0 Å². The summed E-state index contributed by atoms with van der Waals surface area (Å²) in [7, 11) is 6.53. The van der Waals surface area contributed by atoms with E-state index in [-0.39, 0.29) is 30.2 Å². The molecule has 2 aromatic rings. The first kappa shape index (κ1) is 29.4. The lowest BCUT2D eigenvalue weighted by atomic mass is 9.72. The first-order valence-electron chi connectivity index (χ1n) is 11.7. The van der Waals surface area contributed by atoms with Gasteiger partial charge in [0, 0.05) is 19.5 Å². The average Bonchev–Trinajstić information content (AvgIpc) is 2.82. The highest BCUT2D eigenvalue weighted by atomic mass is 35.5. The maximum atomic E-state index is 5.88. The molecule has 0 aromatic heterocycles. The summed E-state index contributed by atoms with van der Waals surface area (Å²) < 4.78 is 6.91. The number of quaternary nitrogens is 1. The molecule has 1 heterocycles. The predicted molar refractivity (Wildman–Crippen MR) is 130 cm³/mol. The van der Waals surface area contributed by atoms with E-state index in [1.54, 1.807) is 0 Å². The van der Waals surface area contributed by atoms with Crippen LogP contribution in [0.1, 0.15) is 36.8 Å². The lowest BCUT2D eigenvalue weighted by Gasteiger charge is -2.33. The molecule has 0 aliphatic carbocycles. The number of nitrogens with zero attached hydrogens (tertiary/aromatic N) is 2.